The highest BCUT2D eigenvalue weighted by Gasteiger charge is 2.43. The number of fused-ring (bicyclic) bond motifs is 1. The number of aliphatic hydroxyl groups is 2. The van der Waals surface area contributed by atoms with Crippen LogP contribution in [0.2, 0.25) is 0 Å². The van der Waals surface area contributed by atoms with Crippen molar-refractivity contribution in [2.24, 2.45) is 0 Å². The van der Waals surface area contributed by atoms with Crippen molar-refractivity contribution in [3.63, 3.8) is 0 Å². The Hall–Kier alpha value is -1.90. The van der Waals surface area contributed by atoms with E-state index >= 15 is 0 Å². The van der Waals surface area contributed by atoms with E-state index in [0.717, 1.165) is 17.5 Å². The summed E-state index contributed by atoms with van der Waals surface area (Å²) in [4.78, 5) is 0. The van der Waals surface area contributed by atoms with Crippen LogP contribution in [-0.4, -0.2) is 16.3 Å². The Morgan fingerprint density at radius 3 is 2.31 bits per heavy atom. The maximum atomic E-state index is 10.7. The lowest BCUT2D eigenvalue weighted by molar-refractivity contribution is 0.0583. The quantitative estimate of drug-likeness (QED) is 0.760. The van der Waals surface area contributed by atoms with Crippen LogP contribution < -0.4 is 0 Å². The zero-order valence-corrected chi connectivity index (χ0v) is 16.5. The topological polar surface area (TPSA) is 40.5 Å². The molecule has 1 unspecified atom stereocenters. The molecule has 0 heterocycles. The third-order valence-electron chi connectivity index (χ3n) is 5.98. The van der Waals surface area contributed by atoms with Gasteiger partial charge in [-0.2, -0.15) is 0 Å². The molecule has 0 aliphatic heterocycles. The SMILES string of the molecule is CC(=Cc1ccc(CO)cc1)c1ccc2c(c1)C(C)(C)C(O)CC2(C)C. The molecule has 1 atom stereocenters. The summed E-state index contributed by atoms with van der Waals surface area (Å²) in [7, 11) is 0. The lowest BCUT2D eigenvalue weighted by Crippen LogP contribution is -2.45. The molecule has 0 saturated heterocycles. The van der Waals surface area contributed by atoms with E-state index in [-0.39, 0.29) is 23.5 Å². The Morgan fingerprint density at radius 1 is 1.04 bits per heavy atom. The summed E-state index contributed by atoms with van der Waals surface area (Å²) in [6, 6.07) is 14.7. The number of rotatable bonds is 3. The highest BCUT2D eigenvalue weighted by atomic mass is 16.3. The molecule has 138 valence electrons. The molecule has 2 N–H and O–H groups in total. The molecule has 2 aromatic carbocycles. The Bertz CT molecular complexity index is 826. The van der Waals surface area contributed by atoms with Gasteiger partial charge in [0.2, 0.25) is 0 Å². The first-order valence-corrected chi connectivity index (χ1v) is 9.37. The minimum atomic E-state index is -0.337. The molecule has 0 saturated carbocycles. The fourth-order valence-corrected chi connectivity index (χ4v) is 3.99. The van der Waals surface area contributed by atoms with Crippen molar-refractivity contribution in [2.75, 3.05) is 0 Å². The molecule has 0 spiro atoms. The first-order chi connectivity index (χ1) is 12.1. The van der Waals surface area contributed by atoms with Crippen molar-refractivity contribution in [1.82, 2.24) is 0 Å². The second-order valence-electron chi connectivity index (χ2n) is 8.81. The van der Waals surface area contributed by atoms with E-state index in [4.69, 9.17) is 0 Å². The number of aliphatic hydroxyl groups excluding tert-OH is 2. The van der Waals surface area contributed by atoms with Crippen LogP contribution in [0.3, 0.4) is 0 Å². The number of allylic oxidation sites excluding steroid dienone is 1. The first-order valence-electron chi connectivity index (χ1n) is 9.37. The van der Waals surface area contributed by atoms with Crippen molar-refractivity contribution < 1.29 is 10.2 Å². The van der Waals surface area contributed by atoms with E-state index in [1.807, 2.05) is 24.3 Å². The summed E-state index contributed by atoms with van der Waals surface area (Å²) < 4.78 is 0. The zero-order valence-electron chi connectivity index (χ0n) is 16.5. The van der Waals surface area contributed by atoms with Crippen LogP contribution in [0.1, 0.15) is 68.9 Å². The van der Waals surface area contributed by atoms with Crippen molar-refractivity contribution in [3.05, 3.63) is 70.3 Å². The summed E-state index contributed by atoms with van der Waals surface area (Å²) >= 11 is 0. The number of hydrogen-bond donors (Lipinski definition) is 2. The van der Waals surface area contributed by atoms with Crippen LogP contribution in [0.4, 0.5) is 0 Å². The van der Waals surface area contributed by atoms with Gasteiger partial charge in [-0.15, -0.1) is 0 Å². The molecule has 0 aromatic heterocycles. The standard InChI is InChI=1S/C24H30O2/c1-16(12-17-6-8-18(15-25)9-7-17)19-10-11-20-21(13-19)24(4,5)22(26)14-23(20,2)3/h6-13,22,25-26H,14-15H2,1-5H3. The predicted octanol–water partition coefficient (Wildman–Crippen LogP) is 5.06. The van der Waals surface area contributed by atoms with Gasteiger partial charge in [0.05, 0.1) is 12.7 Å². The molecule has 2 heteroatoms. The Balaban J connectivity index is 2.02. The molecule has 0 fully saturated rings. The second-order valence-corrected chi connectivity index (χ2v) is 8.81. The average Bonchev–Trinajstić information content (AvgIpc) is 2.60. The predicted molar refractivity (Wildman–Crippen MR) is 109 cm³/mol. The second kappa shape index (κ2) is 6.68. The average molecular weight is 351 g/mol. The molecule has 3 rings (SSSR count). The molecule has 26 heavy (non-hydrogen) atoms. The Labute approximate surface area is 157 Å². The molecule has 1 aliphatic carbocycles. The highest BCUT2D eigenvalue weighted by Crippen LogP contribution is 2.46. The molecule has 0 bridgehead atoms. The Kier molecular flexibility index (Phi) is 4.85. The monoisotopic (exact) mass is 350 g/mol. The molecular weight excluding hydrogens is 320 g/mol. The first kappa shape index (κ1) is 18.9. The fraction of sp³-hybridized carbons (Fsp3) is 0.417. The van der Waals surface area contributed by atoms with E-state index in [1.165, 1.54) is 22.3 Å². The van der Waals surface area contributed by atoms with Crippen molar-refractivity contribution in [3.8, 4) is 0 Å². The van der Waals surface area contributed by atoms with Gasteiger partial charge in [0.25, 0.3) is 0 Å². The summed E-state index contributed by atoms with van der Waals surface area (Å²) in [5.41, 5.74) is 6.76. The third kappa shape index (κ3) is 3.36. The van der Waals surface area contributed by atoms with Crippen molar-refractivity contribution >= 4 is 11.6 Å². The molecule has 0 amide bonds. The molecule has 0 radical (unpaired) electrons. The molecule has 2 nitrogen and oxygen atoms in total. The van der Waals surface area contributed by atoms with E-state index in [1.54, 1.807) is 0 Å². The van der Waals surface area contributed by atoms with Gasteiger partial charge in [0.1, 0.15) is 0 Å². The fourth-order valence-electron chi connectivity index (χ4n) is 3.99. The van der Waals surface area contributed by atoms with Gasteiger partial charge in [-0.05, 0) is 52.1 Å². The summed E-state index contributed by atoms with van der Waals surface area (Å²) in [6.07, 6.45) is 2.62. The van der Waals surface area contributed by atoms with E-state index in [0.29, 0.717) is 0 Å². The van der Waals surface area contributed by atoms with Gasteiger partial charge in [-0.25, -0.2) is 0 Å². The van der Waals surface area contributed by atoms with Gasteiger partial charge in [0, 0.05) is 5.41 Å². The van der Waals surface area contributed by atoms with E-state index in [2.05, 4.69) is 58.9 Å². The Morgan fingerprint density at radius 2 is 1.69 bits per heavy atom. The highest BCUT2D eigenvalue weighted by molar-refractivity contribution is 5.80. The van der Waals surface area contributed by atoms with Crippen LogP contribution in [0.15, 0.2) is 42.5 Å². The molecule has 2 aromatic rings. The van der Waals surface area contributed by atoms with E-state index in [9.17, 15) is 10.2 Å². The van der Waals surface area contributed by atoms with Crippen LogP contribution >= 0.6 is 0 Å². The van der Waals surface area contributed by atoms with E-state index < -0.39 is 0 Å². The number of hydrogen-bond acceptors (Lipinski definition) is 2. The van der Waals surface area contributed by atoms with Gasteiger partial charge in [-0.3, -0.25) is 0 Å². The largest absolute Gasteiger partial charge is 0.392 e. The smallest absolute Gasteiger partial charge is 0.0681 e. The number of benzene rings is 2. The minimum Gasteiger partial charge on any atom is -0.392 e. The van der Waals surface area contributed by atoms with Crippen LogP contribution in [-0.2, 0) is 17.4 Å². The maximum Gasteiger partial charge on any atom is 0.0681 e. The van der Waals surface area contributed by atoms with Crippen molar-refractivity contribution in [2.45, 2.75) is 64.6 Å². The zero-order chi connectivity index (χ0) is 19.1. The van der Waals surface area contributed by atoms with Crippen LogP contribution in [0.25, 0.3) is 11.6 Å². The lowest BCUT2D eigenvalue weighted by atomic mass is 9.61. The maximum absolute atomic E-state index is 10.7. The van der Waals surface area contributed by atoms with Gasteiger partial charge >= 0.3 is 0 Å². The summed E-state index contributed by atoms with van der Waals surface area (Å²) in [6.45, 7) is 10.9. The van der Waals surface area contributed by atoms with Gasteiger partial charge < -0.3 is 10.2 Å². The molecular formula is C24H30O2. The lowest BCUT2D eigenvalue weighted by Gasteiger charge is -2.45. The van der Waals surface area contributed by atoms with Crippen LogP contribution in [0.5, 0.6) is 0 Å². The summed E-state index contributed by atoms with van der Waals surface area (Å²) in [5, 5.41) is 19.9. The summed E-state index contributed by atoms with van der Waals surface area (Å²) in [5.74, 6) is 0. The third-order valence-corrected chi connectivity index (χ3v) is 5.98. The van der Waals surface area contributed by atoms with Crippen molar-refractivity contribution in [1.29, 1.82) is 0 Å². The normalized spacial score (nSPS) is 21.3. The van der Waals surface area contributed by atoms with Crippen LogP contribution in [0, 0.1) is 0 Å². The minimum absolute atomic E-state index is 0.0133. The van der Waals surface area contributed by atoms with Gasteiger partial charge in [-0.1, -0.05) is 76.2 Å². The molecule has 1 aliphatic rings. The van der Waals surface area contributed by atoms with Gasteiger partial charge in [0.15, 0.2) is 0 Å².